The molecule has 1 heterocycles. The molecule has 7 heteroatoms. The number of urea groups is 1. The Morgan fingerprint density at radius 3 is 2.52 bits per heavy atom. The number of carbonyl (C=O) groups is 2. The summed E-state index contributed by atoms with van der Waals surface area (Å²) in [6.07, 6.45) is 0. The van der Waals surface area contributed by atoms with E-state index < -0.39 is 18.0 Å². The van der Waals surface area contributed by atoms with Crippen molar-refractivity contribution < 1.29 is 9.59 Å². The van der Waals surface area contributed by atoms with Crippen molar-refractivity contribution in [3.05, 3.63) is 34.9 Å². The number of halogens is 1. The molecule has 122 valence electrons. The molecule has 0 radical (unpaired) electrons. The fourth-order valence-corrected chi connectivity index (χ4v) is 2.46. The molecule has 23 heavy (non-hydrogen) atoms. The molecule has 1 atom stereocenters. The van der Waals surface area contributed by atoms with E-state index in [4.69, 9.17) is 17.3 Å². The molecule has 1 aromatic carbocycles. The number of hydrogen-bond donors (Lipinski definition) is 3. The fraction of sp³-hybridized carbons (Fsp3) is 0.312. The van der Waals surface area contributed by atoms with Crippen LogP contribution in [0.1, 0.15) is 19.4 Å². The molecule has 0 spiro atoms. The van der Waals surface area contributed by atoms with Crippen LogP contribution in [-0.2, 0) is 4.79 Å². The van der Waals surface area contributed by atoms with E-state index in [-0.39, 0.29) is 5.92 Å². The molecule has 0 aliphatic carbocycles. The SMILES string of the molecule is Cc1ccc(Cl)c2ccc(NC(=O)N[C@H](C(N)=O)C(C)C)nc12. The number of carbonyl (C=O) groups excluding carboxylic acids is 2. The summed E-state index contributed by atoms with van der Waals surface area (Å²) in [6, 6.07) is 5.84. The summed E-state index contributed by atoms with van der Waals surface area (Å²) in [5.41, 5.74) is 6.94. The van der Waals surface area contributed by atoms with Gasteiger partial charge in [-0.25, -0.2) is 9.78 Å². The van der Waals surface area contributed by atoms with Crippen LogP contribution in [0.3, 0.4) is 0 Å². The molecule has 0 saturated heterocycles. The summed E-state index contributed by atoms with van der Waals surface area (Å²) < 4.78 is 0. The average molecular weight is 335 g/mol. The Morgan fingerprint density at radius 2 is 1.91 bits per heavy atom. The van der Waals surface area contributed by atoms with Gasteiger partial charge in [0.2, 0.25) is 5.91 Å². The van der Waals surface area contributed by atoms with Crippen molar-refractivity contribution >= 4 is 40.3 Å². The van der Waals surface area contributed by atoms with E-state index in [0.717, 1.165) is 10.9 Å². The first-order chi connectivity index (χ1) is 10.8. The van der Waals surface area contributed by atoms with E-state index in [1.807, 2.05) is 13.0 Å². The van der Waals surface area contributed by atoms with Gasteiger partial charge in [0.15, 0.2) is 0 Å². The predicted molar refractivity (Wildman–Crippen MR) is 91.5 cm³/mol. The summed E-state index contributed by atoms with van der Waals surface area (Å²) in [6.45, 7) is 5.52. The van der Waals surface area contributed by atoms with Gasteiger partial charge in [-0.3, -0.25) is 10.1 Å². The van der Waals surface area contributed by atoms with Gasteiger partial charge in [0.25, 0.3) is 0 Å². The van der Waals surface area contributed by atoms with Crippen molar-refractivity contribution in [2.24, 2.45) is 11.7 Å². The smallest absolute Gasteiger partial charge is 0.321 e. The number of hydrogen-bond acceptors (Lipinski definition) is 3. The van der Waals surface area contributed by atoms with Gasteiger partial charge >= 0.3 is 6.03 Å². The number of fused-ring (bicyclic) bond motifs is 1. The molecule has 6 nitrogen and oxygen atoms in total. The number of rotatable bonds is 4. The molecular weight excluding hydrogens is 316 g/mol. The van der Waals surface area contributed by atoms with Crippen LogP contribution >= 0.6 is 11.6 Å². The van der Waals surface area contributed by atoms with Crippen LogP contribution in [0, 0.1) is 12.8 Å². The molecule has 0 unspecified atom stereocenters. The highest BCUT2D eigenvalue weighted by Crippen LogP contribution is 2.26. The number of benzene rings is 1. The average Bonchev–Trinajstić information content (AvgIpc) is 2.48. The second-order valence-corrected chi connectivity index (χ2v) is 6.09. The lowest BCUT2D eigenvalue weighted by Gasteiger charge is -2.19. The molecule has 0 bridgehead atoms. The van der Waals surface area contributed by atoms with E-state index in [1.54, 1.807) is 32.0 Å². The predicted octanol–water partition coefficient (Wildman–Crippen LogP) is 2.83. The van der Waals surface area contributed by atoms with E-state index >= 15 is 0 Å². The van der Waals surface area contributed by atoms with Crippen LogP contribution in [0.2, 0.25) is 5.02 Å². The van der Waals surface area contributed by atoms with Gasteiger partial charge in [-0.15, -0.1) is 0 Å². The van der Waals surface area contributed by atoms with Crippen molar-refractivity contribution in [3.8, 4) is 0 Å². The summed E-state index contributed by atoms with van der Waals surface area (Å²) in [7, 11) is 0. The topological polar surface area (TPSA) is 97.1 Å². The third kappa shape index (κ3) is 3.90. The minimum absolute atomic E-state index is 0.108. The molecule has 1 aromatic heterocycles. The summed E-state index contributed by atoms with van der Waals surface area (Å²) in [4.78, 5) is 27.8. The van der Waals surface area contributed by atoms with Gasteiger partial charge in [-0.2, -0.15) is 0 Å². The lowest BCUT2D eigenvalue weighted by atomic mass is 10.0. The number of pyridine rings is 1. The third-order valence-electron chi connectivity index (χ3n) is 3.51. The molecule has 0 aliphatic rings. The van der Waals surface area contributed by atoms with Crippen LogP contribution in [0.4, 0.5) is 10.6 Å². The van der Waals surface area contributed by atoms with Crippen LogP contribution in [-0.4, -0.2) is 23.0 Å². The Morgan fingerprint density at radius 1 is 1.22 bits per heavy atom. The maximum Gasteiger partial charge on any atom is 0.321 e. The van der Waals surface area contributed by atoms with Gasteiger partial charge in [0.05, 0.1) is 5.52 Å². The van der Waals surface area contributed by atoms with Crippen molar-refractivity contribution in [3.63, 3.8) is 0 Å². The molecule has 0 fully saturated rings. The second kappa shape index (κ2) is 6.83. The van der Waals surface area contributed by atoms with Gasteiger partial charge in [-0.05, 0) is 36.6 Å². The van der Waals surface area contributed by atoms with Crippen LogP contribution in [0.25, 0.3) is 10.9 Å². The van der Waals surface area contributed by atoms with E-state index in [0.29, 0.717) is 16.4 Å². The van der Waals surface area contributed by atoms with Crippen molar-refractivity contribution in [1.82, 2.24) is 10.3 Å². The number of nitrogens with one attached hydrogen (secondary N) is 2. The Labute approximate surface area is 139 Å². The van der Waals surface area contributed by atoms with Crippen molar-refractivity contribution in [1.29, 1.82) is 0 Å². The van der Waals surface area contributed by atoms with E-state index in [2.05, 4.69) is 15.6 Å². The number of primary amides is 1. The number of aromatic nitrogens is 1. The molecule has 0 aliphatic heterocycles. The fourth-order valence-electron chi connectivity index (χ4n) is 2.25. The second-order valence-electron chi connectivity index (χ2n) is 5.68. The first kappa shape index (κ1) is 17.0. The standard InChI is InChI=1S/C16H19ClN4O2/c1-8(2)13(15(18)22)21-16(23)20-12-7-5-10-11(17)6-4-9(3)14(10)19-12/h4-8,13H,1-3H3,(H2,18,22)(H2,19,20,21,23)/t13-/m0/s1. The molecule has 3 amide bonds. The molecule has 2 aromatic rings. The van der Waals surface area contributed by atoms with Gasteiger partial charge < -0.3 is 11.1 Å². The quantitative estimate of drug-likeness (QED) is 0.802. The molecule has 0 saturated carbocycles. The summed E-state index contributed by atoms with van der Waals surface area (Å²) >= 11 is 6.13. The lowest BCUT2D eigenvalue weighted by molar-refractivity contribution is -0.120. The van der Waals surface area contributed by atoms with Crippen LogP contribution in [0.15, 0.2) is 24.3 Å². The Bertz CT molecular complexity index is 761. The zero-order valence-electron chi connectivity index (χ0n) is 13.2. The Kier molecular flexibility index (Phi) is 5.05. The normalized spacial score (nSPS) is 12.2. The maximum absolute atomic E-state index is 12.0. The minimum atomic E-state index is -0.744. The summed E-state index contributed by atoms with van der Waals surface area (Å²) in [5.74, 6) is -0.319. The highest BCUT2D eigenvalue weighted by molar-refractivity contribution is 6.35. The maximum atomic E-state index is 12.0. The number of anilines is 1. The number of nitrogens with two attached hydrogens (primary N) is 1. The zero-order chi connectivity index (χ0) is 17.1. The van der Waals surface area contributed by atoms with E-state index in [1.165, 1.54) is 0 Å². The van der Waals surface area contributed by atoms with Crippen molar-refractivity contribution in [2.45, 2.75) is 26.8 Å². The number of nitrogens with zero attached hydrogens (tertiary/aromatic N) is 1. The Balaban J connectivity index is 2.20. The lowest BCUT2D eigenvalue weighted by Crippen LogP contribution is -2.49. The highest BCUT2D eigenvalue weighted by atomic mass is 35.5. The van der Waals surface area contributed by atoms with Gasteiger partial charge in [0.1, 0.15) is 11.9 Å². The minimum Gasteiger partial charge on any atom is -0.368 e. The first-order valence-electron chi connectivity index (χ1n) is 7.22. The van der Waals surface area contributed by atoms with Gasteiger partial charge in [0, 0.05) is 10.4 Å². The van der Waals surface area contributed by atoms with Crippen LogP contribution in [0.5, 0.6) is 0 Å². The van der Waals surface area contributed by atoms with Gasteiger partial charge in [-0.1, -0.05) is 31.5 Å². The molecule has 2 rings (SSSR count). The molecular formula is C16H19ClN4O2. The van der Waals surface area contributed by atoms with Crippen molar-refractivity contribution in [2.75, 3.05) is 5.32 Å². The number of aryl methyl sites for hydroxylation is 1. The molecule has 4 N–H and O–H groups in total. The highest BCUT2D eigenvalue weighted by Gasteiger charge is 2.21. The summed E-state index contributed by atoms with van der Waals surface area (Å²) in [5, 5.41) is 6.57. The zero-order valence-corrected chi connectivity index (χ0v) is 13.9. The van der Waals surface area contributed by atoms with E-state index in [9.17, 15) is 9.59 Å². The van der Waals surface area contributed by atoms with Crippen LogP contribution < -0.4 is 16.4 Å². The Hall–Kier alpha value is -2.34. The number of amides is 3. The third-order valence-corrected chi connectivity index (χ3v) is 3.84. The largest absolute Gasteiger partial charge is 0.368 e. The first-order valence-corrected chi connectivity index (χ1v) is 7.60. The monoisotopic (exact) mass is 334 g/mol.